The molecule has 0 spiro atoms. The van der Waals surface area contributed by atoms with Crippen molar-refractivity contribution < 1.29 is 13.2 Å². The number of piperidine rings is 1. The molecule has 3 rings (SSSR count). The van der Waals surface area contributed by atoms with Crippen molar-refractivity contribution in [2.24, 2.45) is 5.92 Å². The summed E-state index contributed by atoms with van der Waals surface area (Å²) in [6.45, 7) is 0.924. The first kappa shape index (κ1) is 14.9. The Kier molecular flexibility index (Phi) is 3.97. The summed E-state index contributed by atoms with van der Waals surface area (Å²) in [5.74, 6) is 0.934. The number of carbonyl (C=O) groups excluding carboxylic acids is 1. The van der Waals surface area contributed by atoms with Gasteiger partial charge in [-0.25, -0.2) is 8.42 Å². The van der Waals surface area contributed by atoms with Crippen LogP contribution in [-0.4, -0.2) is 31.8 Å². The maximum absolute atomic E-state index is 12.2. The van der Waals surface area contributed by atoms with Gasteiger partial charge in [0.15, 0.2) is 0 Å². The molecule has 2 aliphatic rings. The number of benzene rings is 1. The minimum absolute atomic E-state index is 0.0936. The van der Waals surface area contributed by atoms with Gasteiger partial charge in [-0.05, 0) is 49.3 Å². The molecule has 1 saturated heterocycles. The quantitative estimate of drug-likeness (QED) is 0.799. The van der Waals surface area contributed by atoms with Crippen molar-refractivity contribution in [2.75, 3.05) is 6.54 Å². The molecule has 0 radical (unpaired) electrons. The summed E-state index contributed by atoms with van der Waals surface area (Å²) in [7, 11) is 1.60. The maximum Gasteiger partial charge on any atom is 0.261 e. The van der Waals surface area contributed by atoms with Gasteiger partial charge in [-0.3, -0.25) is 4.79 Å². The summed E-state index contributed by atoms with van der Waals surface area (Å²) in [4.78, 5) is 14.4. The molecule has 1 aromatic rings. The number of hydrogen-bond acceptors (Lipinski definition) is 3. The molecule has 1 saturated carbocycles. The Morgan fingerprint density at radius 3 is 2.48 bits per heavy atom. The van der Waals surface area contributed by atoms with Gasteiger partial charge in [0.05, 0.1) is 4.90 Å². The summed E-state index contributed by atoms with van der Waals surface area (Å²) in [5, 5.41) is 0. The van der Waals surface area contributed by atoms with E-state index in [9.17, 15) is 13.2 Å². The summed E-state index contributed by atoms with van der Waals surface area (Å²) in [6.07, 6.45) is 4.71. The molecule has 2 unspecified atom stereocenters. The van der Waals surface area contributed by atoms with E-state index < -0.39 is 9.05 Å². The maximum atomic E-state index is 12.2. The van der Waals surface area contributed by atoms with E-state index in [4.69, 9.17) is 10.7 Å². The predicted octanol–water partition coefficient (Wildman–Crippen LogP) is 2.56. The molecule has 1 aliphatic carbocycles. The van der Waals surface area contributed by atoms with Crippen LogP contribution in [0.1, 0.15) is 31.2 Å². The van der Waals surface area contributed by atoms with E-state index in [2.05, 4.69) is 0 Å². The smallest absolute Gasteiger partial charge is 0.261 e. The predicted molar refractivity (Wildman–Crippen MR) is 80.6 cm³/mol. The Morgan fingerprint density at radius 2 is 1.95 bits per heavy atom. The zero-order valence-electron chi connectivity index (χ0n) is 11.7. The van der Waals surface area contributed by atoms with Crippen molar-refractivity contribution in [1.29, 1.82) is 0 Å². The second-order valence-electron chi connectivity index (χ2n) is 5.96. The largest absolute Gasteiger partial charge is 0.339 e. The second-order valence-corrected chi connectivity index (χ2v) is 8.53. The van der Waals surface area contributed by atoms with E-state index in [1.165, 1.54) is 25.0 Å². The molecule has 1 aromatic carbocycles. The minimum Gasteiger partial charge on any atom is -0.339 e. The lowest BCUT2D eigenvalue weighted by Gasteiger charge is -2.27. The van der Waals surface area contributed by atoms with Crippen LogP contribution in [0.2, 0.25) is 0 Å². The van der Waals surface area contributed by atoms with Gasteiger partial charge in [-0.15, -0.1) is 0 Å². The van der Waals surface area contributed by atoms with Crippen molar-refractivity contribution in [3.05, 3.63) is 29.8 Å². The molecule has 6 heteroatoms. The Hall–Kier alpha value is -1.07. The van der Waals surface area contributed by atoms with E-state index in [0.717, 1.165) is 18.5 Å². The average Bonchev–Trinajstić information content (AvgIpc) is 3.07. The van der Waals surface area contributed by atoms with Crippen LogP contribution < -0.4 is 0 Å². The number of rotatable bonds is 4. The van der Waals surface area contributed by atoms with Crippen molar-refractivity contribution in [1.82, 2.24) is 4.90 Å². The second kappa shape index (κ2) is 5.61. The number of likely N-dealkylation sites (tertiary alicyclic amines) is 1. The fourth-order valence-electron chi connectivity index (χ4n) is 3.44. The molecule has 0 aromatic heterocycles. The fraction of sp³-hybridized carbons (Fsp3) is 0.533. The highest BCUT2D eigenvalue weighted by molar-refractivity contribution is 8.13. The van der Waals surface area contributed by atoms with Crippen LogP contribution >= 0.6 is 10.7 Å². The third-order valence-electron chi connectivity index (χ3n) is 4.56. The molecular weight excluding hydrogens is 310 g/mol. The van der Waals surface area contributed by atoms with Crippen LogP contribution in [0.5, 0.6) is 0 Å². The number of aryl methyl sites for hydroxylation is 1. The van der Waals surface area contributed by atoms with E-state index >= 15 is 0 Å². The van der Waals surface area contributed by atoms with E-state index in [1.54, 1.807) is 12.1 Å². The Bertz CT molecular complexity index is 641. The number of amides is 1. The van der Waals surface area contributed by atoms with Crippen molar-refractivity contribution in [2.45, 2.75) is 43.0 Å². The third-order valence-corrected chi connectivity index (χ3v) is 5.93. The molecule has 1 amide bonds. The van der Waals surface area contributed by atoms with Gasteiger partial charge in [0.1, 0.15) is 0 Å². The summed E-state index contributed by atoms with van der Waals surface area (Å²) < 4.78 is 22.3. The fourth-order valence-corrected chi connectivity index (χ4v) is 4.21. The highest BCUT2D eigenvalue weighted by Gasteiger charge is 2.39. The van der Waals surface area contributed by atoms with Crippen molar-refractivity contribution in [3.63, 3.8) is 0 Å². The van der Waals surface area contributed by atoms with Gasteiger partial charge in [0.25, 0.3) is 9.05 Å². The van der Waals surface area contributed by atoms with Crippen LogP contribution in [0.25, 0.3) is 0 Å². The highest BCUT2D eigenvalue weighted by Crippen LogP contribution is 2.37. The molecule has 1 heterocycles. The summed E-state index contributed by atoms with van der Waals surface area (Å²) in [6, 6.07) is 6.88. The zero-order chi connectivity index (χ0) is 15.0. The number of halogens is 1. The van der Waals surface area contributed by atoms with Gasteiger partial charge in [-0.2, -0.15) is 0 Å². The molecule has 114 valence electrons. The zero-order valence-corrected chi connectivity index (χ0v) is 13.2. The van der Waals surface area contributed by atoms with E-state index in [-0.39, 0.29) is 10.8 Å². The van der Waals surface area contributed by atoms with Gasteiger partial charge in [0.2, 0.25) is 5.91 Å². The number of nitrogens with zero attached hydrogens (tertiary/aromatic N) is 1. The molecule has 21 heavy (non-hydrogen) atoms. The van der Waals surface area contributed by atoms with Crippen LogP contribution in [0.15, 0.2) is 29.2 Å². The molecule has 1 aliphatic heterocycles. The standard InChI is InChI=1S/C15H18ClNO3S/c16-21(19,20)14-6-2-11(3-7-14)4-8-15(18)17-10-12-1-5-13(17)9-12/h2-3,6-7,12-13H,1,4-5,8-10H2. The minimum atomic E-state index is -3.67. The lowest BCUT2D eigenvalue weighted by molar-refractivity contribution is -0.132. The molecular formula is C15H18ClNO3S. The third kappa shape index (κ3) is 3.24. The Labute approximate surface area is 129 Å². The van der Waals surface area contributed by atoms with Crippen LogP contribution in [0, 0.1) is 5.92 Å². The first-order chi connectivity index (χ1) is 9.93. The number of hydrogen-bond donors (Lipinski definition) is 0. The van der Waals surface area contributed by atoms with Gasteiger partial charge in [-0.1, -0.05) is 12.1 Å². The van der Waals surface area contributed by atoms with Gasteiger partial charge >= 0.3 is 0 Å². The van der Waals surface area contributed by atoms with Crippen LogP contribution in [-0.2, 0) is 20.3 Å². The Morgan fingerprint density at radius 1 is 1.24 bits per heavy atom. The summed E-state index contributed by atoms with van der Waals surface area (Å²) in [5.41, 5.74) is 0.955. The molecule has 4 nitrogen and oxygen atoms in total. The first-order valence-corrected chi connectivity index (χ1v) is 9.57. The lowest BCUT2D eigenvalue weighted by Crippen LogP contribution is -2.37. The monoisotopic (exact) mass is 327 g/mol. The van der Waals surface area contributed by atoms with Crippen LogP contribution in [0.4, 0.5) is 0 Å². The Balaban J connectivity index is 1.56. The van der Waals surface area contributed by atoms with Gasteiger partial charge in [0, 0.05) is 29.7 Å². The molecule has 2 bridgehead atoms. The van der Waals surface area contributed by atoms with Crippen molar-refractivity contribution in [3.8, 4) is 0 Å². The van der Waals surface area contributed by atoms with Crippen molar-refractivity contribution >= 4 is 25.6 Å². The number of carbonyl (C=O) groups is 1. The molecule has 2 fully saturated rings. The van der Waals surface area contributed by atoms with Crippen LogP contribution in [0.3, 0.4) is 0 Å². The topological polar surface area (TPSA) is 54.5 Å². The molecule has 0 N–H and O–H groups in total. The normalized spacial score (nSPS) is 24.5. The average molecular weight is 328 g/mol. The van der Waals surface area contributed by atoms with E-state index in [1.807, 2.05) is 4.90 Å². The SMILES string of the molecule is O=C(CCc1ccc(S(=O)(=O)Cl)cc1)N1CC2CCC1C2. The van der Waals surface area contributed by atoms with E-state index in [0.29, 0.717) is 24.8 Å². The lowest BCUT2D eigenvalue weighted by atomic mass is 10.1. The number of fused-ring (bicyclic) bond motifs is 2. The molecule has 2 atom stereocenters. The summed E-state index contributed by atoms with van der Waals surface area (Å²) >= 11 is 0. The highest BCUT2D eigenvalue weighted by atomic mass is 35.7. The first-order valence-electron chi connectivity index (χ1n) is 7.26. The van der Waals surface area contributed by atoms with Gasteiger partial charge < -0.3 is 4.90 Å².